The van der Waals surface area contributed by atoms with E-state index in [0.29, 0.717) is 28.4 Å². The second-order valence-electron chi connectivity index (χ2n) is 5.10. The molecule has 3 aromatic rings. The molecule has 3 rings (SSSR count). The van der Waals surface area contributed by atoms with Crippen LogP contribution in [-0.2, 0) is 6.54 Å². The molecule has 0 amide bonds. The van der Waals surface area contributed by atoms with Gasteiger partial charge in [0.2, 0.25) is 11.7 Å². The van der Waals surface area contributed by atoms with Gasteiger partial charge in [-0.1, -0.05) is 5.16 Å². The molecule has 8 nitrogen and oxygen atoms in total. The highest BCUT2D eigenvalue weighted by molar-refractivity contribution is 7.80. The second kappa shape index (κ2) is 8.26. The van der Waals surface area contributed by atoms with Crippen molar-refractivity contribution in [3.8, 4) is 22.9 Å². The molecule has 0 atom stereocenters. The molecule has 0 aliphatic heterocycles. The molecule has 0 unspecified atom stereocenters. The van der Waals surface area contributed by atoms with Crippen molar-refractivity contribution in [3.63, 3.8) is 0 Å². The number of nitrogens with one attached hydrogen (secondary N) is 2. The first kappa shape index (κ1) is 17.6. The number of hydrogen-bond acceptors (Lipinski definition) is 7. The zero-order chi connectivity index (χ0) is 18.4. The first-order chi connectivity index (χ1) is 12.7. The Balaban J connectivity index is 1.58. The van der Waals surface area contributed by atoms with E-state index in [-0.39, 0.29) is 6.54 Å². The van der Waals surface area contributed by atoms with Crippen LogP contribution in [0.5, 0.6) is 11.5 Å². The molecular weight excluding hydrogens is 354 g/mol. The van der Waals surface area contributed by atoms with Gasteiger partial charge in [0.05, 0.1) is 20.8 Å². The van der Waals surface area contributed by atoms with Gasteiger partial charge in [-0.05, 0) is 48.6 Å². The van der Waals surface area contributed by atoms with Gasteiger partial charge in [-0.2, -0.15) is 4.98 Å². The van der Waals surface area contributed by atoms with E-state index in [0.717, 1.165) is 11.3 Å². The number of methoxy groups -OCH3 is 2. The maximum atomic E-state index is 5.25. The van der Waals surface area contributed by atoms with Crippen LogP contribution in [0.15, 0.2) is 47.1 Å². The van der Waals surface area contributed by atoms with Gasteiger partial charge in [0.25, 0.3) is 0 Å². The largest absolute Gasteiger partial charge is 0.497 e. The number of ether oxygens (including phenoxy) is 2. The summed E-state index contributed by atoms with van der Waals surface area (Å²) in [5.74, 6) is 2.79. The fraction of sp³-hybridized carbons (Fsp3) is 0.176. The van der Waals surface area contributed by atoms with E-state index in [1.807, 2.05) is 24.3 Å². The minimum atomic E-state index is 0.282. The summed E-state index contributed by atoms with van der Waals surface area (Å²) in [5.41, 5.74) is 0.833. The van der Waals surface area contributed by atoms with E-state index >= 15 is 0 Å². The van der Waals surface area contributed by atoms with E-state index in [1.54, 1.807) is 32.5 Å². The molecule has 9 heteroatoms. The Hall–Kier alpha value is -3.20. The van der Waals surface area contributed by atoms with Crippen molar-refractivity contribution < 1.29 is 14.0 Å². The van der Waals surface area contributed by atoms with E-state index in [1.165, 1.54) is 0 Å². The van der Waals surface area contributed by atoms with Crippen molar-refractivity contribution in [1.29, 1.82) is 0 Å². The van der Waals surface area contributed by atoms with E-state index in [2.05, 4.69) is 25.8 Å². The number of rotatable bonds is 6. The molecule has 0 saturated carbocycles. The highest BCUT2D eigenvalue weighted by Gasteiger charge is 2.10. The molecule has 134 valence electrons. The van der Waals surface area contributed by atoms with Gasteiger partial charge in [0.1, 0.15) is 5.75 Å². The first-order valence-corrected chi connectivity index (χ1v) is 8.11. The molecule has 1 aromatic carbocycles. The predicted molar refractivity (Wildman–Crippen MR) is 100 cm³/mol. The van der Waals surface area contributed by atoms with E-state index in [4.69, 9.17) is 26.2 Å². The van der Waals surface area contributed by atoms with Crippen molar-refractivity contribution in [2.24, 2.45) is 0 Å². The monoisotopic (exact) mass is 371 g/mol. The molecule has 0 bridgehead atoms. The Morgan fingerprint density at radius 1 is 1.15 bits per heavy atom. The Labute approximate surface area is 155 Å². The highest BCUT2D eigenvalue weighted by Crippen LogP contribution is 2.20. The zero-order valence-electron chi connectivity index (χ0n) is 14.2. The van der Waals surface area contributed by atoms with Gasteiger partial charge in [-0.25, -0.2) is 4.98 Å². The van der Waals surface area contributed by atoms with Crippen LogP contribution < -0.4 is 20.1 Å². The van der Waals surface area contributed by atoms with Crippen LogP contribution >= 0.6 is 12.2 Å². The van der Waals surface area contributed by atoms with Gasteiger partial charge >= 0.3 is 0 Å². The summed E-state index contributed by atoms with van der Waals surface area (Å²) in [4.78, 5) is 8.52. The summed E-state index contributed by atoms with van der Waals surface area (Å²) in [6, 6.07) is 11.0. The predicted octanol–water partition coefficient (Wildman–Crippen LogP) is 2.64. The standard InChI is InChI=1S/C17H17N5O3S/c1-23-12-7-5-11(6-8-12)15-20-14(25-22-15)10-19-17(26)21-16-13(24-2)4-3-9-18-16/h3-9H,10H2,1-2H3,(H2,18,19,21,26). The van der Waals surface area contributed by atoms with Crippen molar-refractivity contribution in [2.75, 3.05) is 19.5 Å². The third-order valence-electron chi connectivity index (χ3n) is 3.44. The molecule has 2 aromatic heterocycles. The highest BCUT2D eigenvalue weighted by atomic mass is 32.1. The third-order valence-corrected chi connectivity index (χ3v) is 3.69. The lowest BCUT2D eigenvalue weighted by Crippen LogP contribution is -2.28. The van der Waals surface area contributed by atoms with Crippen LogP contribution in [0.4, 0.5) is 5.82 Å². The molecule has 0 fully saturated rings. The number of hydrogen-bond donors (Lipinski definition) is 2. The van der Waals surface area contributed by atoms with E-state index in [9.17, 15) is 0 Å². The van der Waals surface area contributed by atoms with Crippen LogP contribution in [-0.4, -0.2) is 34.5 Å². The molecule has 0 aliphatic rings. The fourth-order valence-corrected chi connectivity index (χ4v) is 2.31. The second-order valence-corrected chi connectivity index (χ2v) is 5.51. The number of aromatic nitrogens is 3. The summed E-state index contributed by atoms with van der Waals surface area (Å²) in [6.07, 6.45) is 1.65. The van der Waals surface area contributed by atoms with E-state index < -0.39 is 0 Å². The number of benzene rings is 1. The molecule has 0 aliphatic carbocycles. The minimum absolute atomic E-state index is 0.282. The third kappa shape index (κ3) is 4.25. The number of thiocarbonyl (C=S) groups is 1. The van der Waals surface area contributed by atoms with Gasteiger partial charge < -0.3 is 24.6 Å². The summed E-state index contributed by atoms with van der Waals surface area (Å²) >= 11 is 5.25. The van der Waals surface area contributed by atoms with Crippen LogP contribution in [0.3, 0.4) is 0 Å². The van der Waals surface area contributed by atoms with Crippen molar-refractivity contribution >= 4 is 23.1 Å². The summed E-state index contributed by atoms with van der Waals surface area (Å²) in [5, 5.41) is 10.3. The topological polar surface area (TPSA) is 94.3 Å². The Bertz CT molecular complexity index is 882. The van der Waals surface area contributed by atoms with Gasteiger partial charge in [-0.15, -0.1) is 0 Å². The maximum Gasteiger partial charge on any atom is 0.246 e. The normalized spacial score (nSPS) is 10.2. The lowest BCUT2D eigenvalue weighted by Gasteiger charge is -2.10. The van der Waals surface area contributed by atoms with Gasteiger partial charge in [0.15, 0.2) is 16.7 Å². The quantitative estimate of drug-likeness (QED) is 0.634. The van der Waals surface area contributed by atoms with Crippen molar-refractivity contribution in [2.45, 2.75) is 6.54 Å². The molecule has 2 N–H and O–H groups in total. The Kier molecular flexibility index (Phi) is 5.59. The van der Waals surface area contributed by atoms with Crippen LogP contribution in [0, 0.1) is 0 Å². The summed E-state index contributed by atoms with van der Waals surface area (Å²) in [7, 11) is 3.18. The number of nitrogens with zero attached hydrogens (tertiary/aromatic N) is 3. The average Bonchev–Trinajstić information content (AvgIpc) is 3.16. The van der Waals surface area contributed by atoms with Crippen LogP contribution in [0.25, 0.3) is 11.4 Å². The number of pyridine rings is 1. The minimum Gasteiger partial charge on any atom is -0.497 e. The van der Waals surface area contributed by atoms with Crippen LogP contribution in [0.2, 0.25) is 0 Å². The summed E-state index contributed by atoms with van der Waals surface area (Å²) < 4.78 is 15.6. The molecule has 0 saturated heterocycles. The average molecular weight is 371 g/mol. The molecule has 0 spiro atoms. The molecule has 26 heavy (non-hydrogen) atoms. The lowest BCUT2D eigenvalue weighted by molar-refractivity contribution is 0.376. The first-order valence-electron chi connectivity index (χ1n) is 7.70. The van der Waals surface area contributed by atoms with Crippen LogP contribution in [0.1, 0.15) is 5.89 Å². The summed E-state index contributed by atoms with van der Waals surface area (Å²) in [6.45, 7) is 0.282. The zero-order valence-corrected chi connectivity index (χ0v) is 15.0. The Morgan fingerprint density at radius 2 is 1.96 bits per heavy atom. The molecule has 0 radical (unpaired) electrons. The number of anilines is 1. The van der Waals surface area contributed by atoms with Crippen molar-refractivity contribution in [3.05, 3.63) is 48.5 Å². The Morgan fingerprint density at radius 3 is 2.69 bits per heavy atom. The lowest BCUT2D eigenvalue weighted by atomic mass is 10.2. The maximum absolute atomic E-state index is 5.25. The molecular formula is C17H17N5O3S. The van der Waals surface area contributed by atoms with Crippen molar-refractivity contribution in [1.82, 2.24) is 20.4 Å². The van der Waals surface area contributed by atoms with Gasteiger partial charge in [-0.3, -0.25) is 0 Å². The smallest absolute Gasteiger partial charge is 0.246 e. The van der Waals surface area contributed by atoms with Gasteiger partial charge in [0, 0.05) is 11.8 Å². The fourth-order valence-electron chi connectivity index (χ4n) is 2.14. The SMILES string of the molecule is COc1ccc(-c2noc(CNC(=S)Nc3ncccc3OC)n2)cc1. The molecule has 2 heterocycles.